The first-order chi connectivity index (χ1) is 13.6. The predicted molar refractivity (Wildman–Crippen MR) is 107 cm³/mol. The zero-order chi connectivity index (χ0) is 19.5. The number of hydrogen-bond acceptors (Lipinski definition) is 7. The molecule has 0 atom stereocenters. The van der Waals surface area contributed by atoms with Gasteiger partial charge >= 0.3 is 0 Å². The molecule has 8 nitrogen and oxygen atoms in total. The van der Waals surface area contributed by atoms with E-state index in [2.05, 4.69) is 15.1 Å². The van der Waals surface area contributed by atoms with E-state index in [0.29, 0.717) is 31.7 Å². The lowest BCUT2D eigenvalue weighted by atomic mass is 10.1. The first-order valence-corrected chi connectivity index (χ1v) is 9.66. The Morgan fingerprint density at radius 1 is 1.00 bits per heavy atom. The van der Waals surface area contributed by atoms with Gasteiger partial charge in [0.1, 0.15) is 5.69 Å². The maximum absolute atomic E-state index is 12.6. The molecule has 0 radical (unpaired) electrons. The molecule has 1 saturated heterocycles. The molecule has 0 saturated carbocycles. The Balaban J connectivity index is 1.37. The van der Waals surface area contributed by atoms with Crippen LogP contribution >= 0.6 is 11.3 Å². The summed E-state index contributed by atoms with van der Waals surface area (Å²) in [5.41, 5.74) is 1.29. The first-order valence-electron chi connectivity index (χ1n) is 8.78. The van der Waals surface area contributed by atoms with E-state index in [1.807, 2.05) is 29.6 Å². The lowest BCUT2D eigenvalue weighted by molar-refractivity contribution is -0.384. The molecular weight excluding hydrogens is 378 g/mol. The third-order valence-electron chi connectivity index (χ3n) is 4.64. The number of nitrogens with zero attached hydrogens (tertiary/aromatic N) is 5. The van der Waals surface area contributed by atoms with E-state index in [9.17, 15) is 14.9 Å². The number of piperazine rings is 1. The molecular formula is C19H17N5O3S. The standard InChI is InChI=1S/C19H17N5O3S/c25-19(14-3-5-15(6-4-14)24(26)27)23-11-9-22(10-12-23)18-8-7-16(20-21-18)17-2-1-13-28-17/h1-8,13H,9-12H2. The zero-order valence-corrected chi connectivity index (χ0v) is 15.7. The van der Waals surface area contributed by atoms with E-state index >= 15 is 0 Å². The van der Waals surface area contributed by atoms with Crippen molar-refractivity contribution in [2.75, 3.05) is 31.1 Å². The van der Waals surface area contributed by atoms with Crippen molar-refractivity contribution in [3.05, 3.63) is 69.6 Å². The second-order valence-corrected chi connectivity index (χ2v) is 7.29. The summed E-state index contributed by atoms with van der Waals surface area (Å²) >= 11 is 1.62. The van der Waals surface area contributed by atoms with Crippen LogP contribution in [0, 0.1) is 10.1 Å². The normalized spacial score (nSPS) is 14.1. The van der Waals surface area contributed by atoms with Crippen molar-refractivity contribution >= 4 is 28.7 Å². The summed E-state index contributed by atoms with van der Waals surface area (Å²) in [6.45, 7) is 2.44. The fourth-order valence-electron chi connectivity index (χ4n) is 3.10. The van der Waals surface area contributed by atoms with Crippen molar-refractivity contribution in [1.29, 1.82) is 0 Å². The van der Waals surface area contributed by atoms with Gasteiger partial charge in [-0.05, 0) is 35.7 Å². The summed E-state index contributed by atoms with van der Waals surface area (Å²) in [5.74, 6) is 0.677. The molecule has 1 amide bonds. The Hall–Kier alpha value is -3.33. The van der Waals surface area contributed by atoms with Gasteiger partial charge in [-0.1, -0.05) is 6.07 Å². The number of thiophene rings is 1. The van der Waals surface area contributed by atoms with Gasteiger partial charge in [-0.25, -0.2) is 0 Å². The summed E-state index contributed by atoms with van der Waals surface area (Å²) in [6.07, 6.45) is 0. The largest absolute Gasteiger partial charge is 0.352 e. The number of nitro benzene ring substituents is 1. The van der Waals surface area contributed by atoms with Gasteiger partial charge in [0.15, 0.2) is 5.82 Å². The smallest absolute Gasteiger partial charge is 0.269 e. The molecule has 1 aliphatic rings. The number of hydrogen-bond donors (Lipinski definition) is 0. The maximum atomic E-state index is 12.6. The molecule has 3 heterocycles. The maximum Gasteiger partial charge on any atom is 0.269 e. The van der Waals surface area contributed by atoms with Crippen molar-refractivity contribution < 1.29 is 9.72 Å². The fourth-order valence-corrected chi connectivity index (χ4v) is 3.79. The molecule has 3 aromatic rings. The molecule has 28 heavy (non-hydrogen) atoms. The van der Waals surface area contributed by atoms with E-state index in [4.69, 9.17) is 0 Å². The van der Waals surface area contributed by atoms with Crippen LogP contribution in [0.1, 0.15) is 10.4 Å². The number of nitro groups is 1. The number of aromatic nitrogens is 2. The Kier molecular flexibility index (Phi) is 4.98. The molecule has 0 aliphatic carbocycles. The third-order valence-corrected chi connectivity index (χ3v) is 5.53. The first kappa shape index (κ1) is 18.1. The number of carbonyl (C=O) groups is 1. The molecule has 0 N–H and O–H groups in total. The van der Waals surface area contributed by atoms with Crippen LogP contribution in [0.25, 0.3) is 10.6 Å². The van der Waals surface area contributed by atoms with Crippen LogP contribution in [0.15, 0.2) is 53.9 Å². The highest BCUT2D eigenvalue weighted by atomic mass is 32.1. The van der Waals surface area contributed by atoms with Crippen molar-refractivity contribution in [2.24, 2.45) is 0 Å². The number of benzene rings is 1. The topological polar surface area (TPSA) is 92.5 Å². The van der Waals surface area contributed by atoms with Crippen molar-refractivity contribution in [2.45, 2.75) is 0 Å². The Morgan fingerprint density at radius 2 is 1.75 bits per heavy atom. The summed E-state index contributed by atoms with van der Waals surface area (Å²) in [5, 5.41) is 21.4. The Bertz CT molecular complexity index is 966. The Morgan fingerprint density at radius 3 is 2.32 bits per heavy atom. The molecule has 0 spiro atoms. The average molecular weight is 395 g/mol. The van der Waals surface area contributed by atoms with Gasteiger partial charge in [-0.3, -0.25) is 14.9 Å². The number of carbonyl (C=O) groups excluding carboxylic acids is 1. The van der Waals surface area contributed by atoms with Gasteiger partial charge in [-0.2, -0.15) is 0 Å². The van der Waals surface area contributed by atoms with E-state index in [0.717, 1.165) is 16.4 Å². The molecule has 2 aromatic heterocycles. The lowest BCUT2D eigenvalue weighted by Gasteiger charge is -2.35. The van der Waals surface area contributed by atoms with Gasteiger partial charge in [0.25, 0.3) is 11.6 Å². The minimum atomic E-state index is -0.474. The number of anilines is 1. The highest BCUT2D eigenvalue weighted by Gasteiger charge is 2.23. The van der Waals surface area contributed by atoms with Crippen LogP contribution in [0.2, 0.25) is 0 Å². The van der Waals surface area contributed by atoms with Crippen LogP contribution in [-0.4, -0.2) is 52.1 Å². The van der Waals surface area contributed by atoms with Crippen LogP contribution < -0.4 is 4.90 Å². The molecule has 4 rings (SSSR count). The molecule has 0 unspecified atom stereocenters. The molecule has 1 aliphatic heterocycles. The third kappa shape index (κ3) is 3.70. The summed E-state index contributed by atoms with van der Waals surface area (Å²) in [7, 11) is 0. The highest BCUT2D eigenvalue weighted by Crippen LogP contribution is 2.23. The molecule has 1 fully saturated rings. The van der Waals surface area contributed by atoms with E-state index in [-0.39, 0.29) is 11.6 Å². The van der Waals surface area contributed by atoms with Gasteiger partial charge in [-0.15, -0.1) is 21.5 Å². The monoisotopic (exact) mass is 395 g/mol. The minimum Gasteiger partial charge on any atom is -0.352 e. The average Bonchev–Trinajstić information content (AvgIpc) is 3.28. The van der Waals surface area contributed by atoms with Crippen LogP contribution in [0.3, 0.4) is 0 Å². The molecule has 0 bridgehead atoms. The van der Waals surface area contributed by atoms with Crippen LogP contribution in [0.5, 0.6) is 0 Å². The van der Waals surface area contributed by atoms with Gasteiger partial charge in [0.05, 0.1) is 9.80 Å². The second-order valence-electron chi connectivity index (χ2n) is 6.34. The van der Waals surface area contributed by atoms with Gasteiger partial charge < -0.3 is 9.80 Å². The quantitative estimate of drug-likeness (QED) is 0.498. The fraction of sp³-hybridized carbons (Fsp3) is 0.211. The van der Waals surface area contributed by atoms with Crippen molar-refractivity contribution in [3.8, 4) is 10.6 Å². The summed E-state index contributed by atoms with van der Waals surface area (Å²) < 4.78 is 0. The molecule has 142 valence electrons. The summed E-state index contributed by atoms with van der Waals surface area (Å²) in [6, 6.07) is 13.6. The van der Waals surface area contributed by atoms with E-state index in [1.54, 1.807) is 16.2 Å². The van der Waals surface area contributed by atoms with Crippen LogP contribution in [0.4, 0.5) is 11.5 Å². The molecule has 1 aromatic carbocycles. The van der Waals surface area contributed by atoms with Crippen LogP contribution in [-0.2, 0) is 0 Å². The predicted octanol–water partition coefficient (Wildman–Crippen LogP) is 3.08. The SMILES string of the molecule is O=C(c1ccc([N+](=O)[O-])cc1)N1CCN(c2ccc(-c3cccs3)nn2)CC1. The second kappa shape index (κ2) is 7.73. The number of rotatable bonds is 4. The summed E-state index contributed by atoms with van der Waals surface area (Å²) in [4.78, 5) is 27.8. The minimum absolute atomic E-state index is 0.0223. The van der Waals surface area contributed by atoms with E-state index in [1.165, 1.54) is 24.3 Å². The van der Waals surface area contributed by atoms with E-state index < -0.39 is 4.92 Å². The van der Waals surface area contributed by atoms with Crippen molar-refractivity contribution in [1.82, 2.24) is 15.1 Å². The lowest BCUT2D eigenvalue weighted by Crippen LogP contribution is -2.49. The van der Waals surface area contributed by atoms with Gasteiger partial charge in [0, 0.05) is 43.9 Å². The number of amides is 1. The highest BCUT2D eigenvalue weighted by molar-refractivity contribution is 7.13. The number of non-ortho nitro benzene ring substituents is 1. The molecule has 9 heteroatoms. The Labute approximate surface area is 165 Å². The zero-order valence-electron chi connectivity index (χ0n) is 14.9. The van der Waals surface area contributed by atoms with Gasteiger partial charge in [0.2, 0.25) is 0 Å². The van der Waals surface area contributed by atoms with Crippen molar-refractivity contribution in [3.63, 3.8) is 0 Å².